The van der Waals surface area contributed by atoms with Crippen molar-refractivity contribution in [2.45, 2.75) is 6.42 Å². The first-order valence-corrected chi connectivity index (χ1v) is 5.71. The van der Waals surface area contributed by atoms with Crippen LogP contribution in [0.3, 0.4) is 0 Å². The highest BCUT2D eigenvalue weighted by Gasteiger charge is 2.07. The van der Waals surface area contributed by atoms with E-state index >= 15 is 0 Å². The number of nitrogens with zero attached hydrogens (tertiary/aromatic N) is 4. The Morgan fingerprint density at radius 2 is 2.26 bits per heavy atom. The summed E-state index contributed by atoms with van der Waals surface area (Å²) in [5, 5.41) is 10.8. The Morgan fingerprint density at radius 1 is 1.47 bits per heavy atom. The molecular formula is C11H15N7O. The zero-order chi connectivity index (χ0) is 13.8. The van der Waals surface area contributed by atoms with Crippen LogP contribution in [0.25, 0.3) is 0 Å². The molecule has 0 aliphatic carbocycles. The fourth-order valence-electron chi connectivity index (χ4n) is 1.57. The van der Waals surface area contributed by atoms with Gasteiger partial charge in [0.1, 0.15) is 23.7 Å². The molecule has 8 nitrogen and oxygen atoms in total. The van der Waals surface area contributed by atoms with Gasteiger partial charge in [-0.25, -0.2) is 4.98 Å². The van der Waals surface area contributed by atoms with Crippen LogP contribution in [-0.2, 0) is 13.5 Å². The van der Waals surface area contributed by atoms with Crippen molar-refractivity contribution < 1.29 is 4.79 Å². The van der Waals surface area contributed by atoms with Crippen molar-refractivity contribution in [3.8, 4) is 0 Å². The average molecular weight is 261 g/mol. The van der Waals surface area contributed by atoms with Gasteiger partial charge in [-0.1, -0.05) is 0 Å². The first-order valence-electron chi connectivity index (χ1n) is 5.71. The number of aryl methyl sites for hydroxylation is 1. The Balaban J connectivity index is 2.01. The summed E-state index contributed by atoms with van der Waals surface area (Å²) in [7, 11) is 1.87. The lowest BCUT2D eigenvalue weighted by Crippen LogP contribution is -2.16. The fourth-order valence-corrected chi connectivity index (χ4v) is 1.57. The molecule has 19 heavy (non-hydrogen) atoms. The molecule has 0 aliphatic rings. The molecule has 0 aliphatic heterocycles. The minimum atomic E-state index is -0.587. The number of carbonyl (C=O) groups excluding carboxylic acids is 1. The number of pyridine rings is 1. The quantitative estimate of drug-likeness (QED) is 0.669. The summed E-state index contributed by atoms with van der Waals surface area (Å²) in [6.07, 6.45) is 2.30. The third-order valence-electron chi connectivity index (χ3n) is 2.63. The van der Waals surface area contributed by atoms with E-state index in [1.165, 1.54) is 6.07 Å². The number of hydrogen-bond acceptors (Lipinski definition) is 6. The van der Waals surface area contributed by atoms with Crippen molar-refractivity contribution in [1.82, 2.24) is 19.7 Å². The molecule has 0 atom stereocenters. The van der Waals surface area contributed by atoms with E-state index in [-0.39, 0.29) is 5.69 Å². The van der Waals surface area contributed by atoms with Crippen LogP contribution in [0, 0.1) is 0 Å². The largest absolute Gasteiger partial charge is 0.396 e. The Morgan fingerprint density at radius 3 is 2.89 bits per heavy atom. The number of hydrogen-bond donors (Lipinski definition) is 3. The Kier molecular flexibility index (Phi) is 3.60. The predicted molar refractivity (Wildman–Crippen MR) is 70.4 cm³/mol. The lowest BCUT2D eigenvalue weighted by Gasteiger charge is -2.08. The second kappa shape index (κ2) is 5.34. The number of nitrogens with two attached hydrogens (primary N) is 2. The van der Waals surface area contributed by atoms with Crippen molar-refractivity contribution >= 4 is 17.4 Å². The maximum absolute atomic E-state index is 11.0. The van der Waals surface area contributed by atoms with E-state index in [1.807, 2.05) is 11.6 Å². The molecule has 2 rings (SSSR count). The molecule has 1 amide bonds. The molecule has 0 saturated carbocycles. The minimum absolute atomic E-state index is 0.176. The number of amides is 1. The van der Waals surface area contributed by atoms with Crippen LogP contribution in [0.15, 0.2) is 18.5 Å². The van der Waals surface area contributed by atoms with Crippen molar-refractivity contribution in [3.63, 3.8) is 0 Å². The standard InChI is InChI=1S/C11H15N7O/c1-18-6-15-17-9(18)4-5-14-11-7(12)2-3-8(16-11)10(13)19/h2-3,6H,4-5,12H2,1H3,(H2,13,19)(H,14,16). The predicted octanol–water partition coefficient (Wildman–Crippen LogP) is -0.454. The molecule has 0 radical (unpaired) electrons. The van der Waals surface area contributed by atoms with Gasteiger partial charge in [0.2, 0.25) is 0 Å². The van der Waals surface area contributed by atoms with E-state index in [2.05, 4.69) is 20.5 Å². The van der Waals surface area contributed by atoms with Gasteiger partial charge in [0, 0.05) is 20.0 Å². The van der Waals surface area contributed by atoms with Crippen LogP contribution >= 0.6 is 0 Å². The topological polar surface area (TPSA) is 125 Å². The zero-order valence-electron chi connectivity index (χ0n) is 10.5. The number of primary amides is 1. The van der Waals surface area contributed by atoms with Gasteiger partial charge in [-0.05, 0) is 12.1 Å². The van der Waals surface area contributed by atoms with Crippen LogP contribution in [0.1, 0.15) is 16.3 Å². The summed E-state index contributed by atoms with van der Waals surface area (Å²) in [5.74, 6) is 0.701. The van der Waals surface area contributed by atoms with Gasteiger partial charge in [-0.15, -0.1) is 10.2 Å². The van der Waals surface area contributed by atoms with Gasteiger partial charge in [-0.3, -0.25) is 4.79 Å². The monoisotopic (exact) mass is 261 g/mol. The summed E-state index contributed by atoms with van der Waals surface area (Å²) in [5.41, 5.74) is 11.6. The van der Waals surface area contributed by atoms with Crippen molar-refractivity contribution in [1.29, 1.82) is 0 Å². The number of carbonyl (C=O) groups is 1. The molecule has 2 aromatic rings. The average Bonchev–Trinajstić information content (AvgIpc) is 2.77. The highest BCUT2D eigenvalue weighted by atomic mass is 16.1. The van der Waals surface area contributed by atoms with E-state index in [9.17, 15) is 4.79 Å². The molecule has 0 saturated heterocycles. The smallest absolute Gasteiger partial charge is 0.267 e. The van der Waals surface area contributed by atoms with E-state index in [0.717, 1.165) is 5.82 Å². The molecule has 100 valence electrons. The fraction of sp³-hybridized carbons (Fsp3) is 0.273. The molecule has 0 bridgehead atoms. The first-order chi connectivity index (χ1) is 9.08. The van der Waals surface area contributed by atoms with Gasteiger partial charge in [0.25, 0.3) is 5.91 Å². The molecular weight excluding hydrogens is 246 g/mol. The lowest BCUT2D eigenvalue weighted by molar-refractivity contribution is 0.0996. The Labute approximate surface area is 109 Å². The number of anilines is 2. The van der Waals surface area contributed by atoms with Gasteiger partial charge in [-0.2, -0.15) is 0 Å². The van der Waals surface area contributed by atoms with Crippen molar-refractivity contribution in [2.75, 3.05) is 17.6 Å². The van der Waals surface area contributed by atoms with Crippen LogP contribution in [0.4, 0.5) is 11.5 Å². The molecule has 0 unspecified atom stereocenters. The molecule has 2 heterocycles. The lowest BCUT2D eigenvalue weighted by atomic mass is 10.3. The molecule has 0 aromatic carbocycles. The molecule has 0 fully saturated rings. The van der Waals surface area contributed by atoms with Crippen LogP contribution in [0.5, 0.6) is 0 Å². The van der Waals surface area contributed by atoms with Gasteiger partial charge in [0.05, 0.1) is 5.69 Å². The maximum Gasteiger partial charge on any atom is 0.267 e. The molecule has 8 heteroatoms. The number of nitrogen functional groups attached to an aromatic ring is 1. The van der Waals surface area contributed by atoms with E-state index < -0.39 is 5.91 Å². The van der Waals surface area contributed by atoms with Crippen molar-refractivity contribution in [2.24, 2.45) is 12.8 Å². The highest BCUT2D eigenvalue weighted by Crippen LogP contribution is 2.15. The third kappa shape index (κ3) is 2.97. The highest BCUT2D eigenvalue weighted by molar-refractivity contribution is 5.91. The number of aromatic nitrogens is 4. The summed E-state index contributed by atoms with van der Waals surface area (Å²) < 4.78 is 1.83. The second-order valence-electron chi connectivity index (χ2n) is 4.03. The van der Waals surface area contributed by atoms with Gasteiger partial charge >= 0.3 is 0 Å². The summed E-state index contributed by atoms with van der Waals surface area (Å²) in [6.45, 7) is 0.575. The first kappa shape index (κ1) is 12.8. The number of nitrogens with one attached hydrogen (secondary N) is 1. The van der Waals surface area contributed by atoms with Gasteiger partial charge in [0.15, 0.2) is 0 Å². The molecule has 5 N–H and O–H groups in total. The SMILES string of the molecule is Cn1cnnc1CCNc1nc(C(N)=O)ccc1N. The zero-order valence-corrected chi connectivity index (χ0v) is 10.5. The molecule has 2 aromatic heterocycles. The van der Waals surface area contributed by atoms with Crippen LogP contribution in [-0.4, -0.2) is 32.2 Å². The number of rotatable bonds is 5. The Bertz CT molecular complexity index is 592. The van der Waals surface area contributed by atoms with Crippen LogP contribution < -0.4 is 16.8 Å². The summed E-state index contributed by atoms with van der Waals surface area (Å²) in [6, 6.07) is 3.09. The van der Waals surface area contributed by atoms with E-state index in [1.54, 1.807) is 12.4 Å². The maximum atomic E-state index is 11.0. The second-order valence-corrected chi connectivity index (χ2v) is 4.03. The van der Waals surface area contributed by atoms with Crippen LogP contribution in [0.2, 0.25) is 0 Å². The van der Waals surface area contributed by atoms with Gasteiger partial charge < -0.3 is 21.4 Å². The third-order valence-corrected chi connectivity index (χ3v) is 2.63. The van der Waals surface area contributed by atoms with E-state index in [4.69, 9.17) is 11.5 Å². The Hall–Kier alpha value is -2.64. The summed E-state index contributed by atoms with van der Waals surface area (Å²) >= 11 is 0. The van der Waals surface area contributed by atoms with Crippen molar-refractivity contribution in [3.05, 3.63) is 30.0 Å². The summed E-state index contributed by atoms with van der Waals surface area (Å²) in [4.78, 5) is 15.1. The molecule has 0 spiro atoms. The normalized spacial score (nSPS) is 10.4. The minimum Gasteiger partial charge on any atom is -0.396 e. The van der Waals surface area contributed by atoms with E-state index in [0.29, 0.717) is 24.5 Å².